The molecule has 0 aliphatic rings. The van der Waals surface area contributed by atoms with Crippen molar-refractivity contribution >= 4 is 139 Å². The third kappa shape index (κ3) is 8.96. The van der Waals surface area contributed by atoms with Crippen molar-refractivity contribution in [3.63, 3.8) is 0 Å². The first-order valence-corrected chi connectivity index (χ1v) is 24.6. The molecule has 340 valence electrons. The van der Waals surface area contributed by atoms with Crippen molar-refractivity contribution in [1.29, 1.82) is 0 Å². The van der Waals surface area contributed by atoms with Gasteiger partial charge in [0.1, 0.15) is 10.3 Å². The Bertz CT molecular complexity index is 3910. The maximum atomic E-state index is 5.58. The Balaban J connectivity index is 0.0000000952. The highest BCUT2D eigenvalue weighted by atomic mass is 32.1. The molecule has 12 nitrogen and oxygen atoms in total. The van der Waals surface area contributed by atoms with E-state index in [1.807, 2.05) is 120 Å². The first kappa shape index (κ1) is 44.3. The summed E-state index contributed by atoms with van der Waals surface area (Å²) in [4.78, 5) is 43.5. The number of hydrogen-bond donors (Lipinski definition) is 0. The van der Waals surface area contributed by atoms with Crippen LogP contribution in [-0.4, -0.2) is 49.8 Å². The second kappa shape index (κ2) is 19.0. The zero-order chi connectivity index (χ0) is 47.7. The summed E-state index contributed by atoms with van der Waals surface area (Å²) in [5.41, 5.74) is 10.4. The zero-order valence-corrected chi connectivity index (χ0v) is 40.9. The van der Waals surface area contributed by atoms with Gasteiger partial charge in [0.2, 0.25) is 0 Å². The number of thiophene rings is 3. The van der Waals surface area contributed by atoms with Gasteiger partial charge in [0.05, 0.1) is 48.3 Å². The minimum absolute atomic E-state index is 0.796. The summed E-state index contributed by atoms with van der Waals surface area (Å²) in [6.45, 7) is 9.97. The van der Waals surface area contributed by atoms with E-state index in [0.29, 0.717) is 0 Å². The van der Waals surface area contributed by atoms with Crippen LogP contribution in [0.1, 0.15) is 28.5 Å². The van der Waals surface area contributed by atoms with Crippen molar-refractivity contribution in [2.75, 3.05) is 0 Å². The highest BCUT2D eigenvalue weighted by Gasteiger charge is 2.10. The summed E-state index contributed by atoms with van der Waals surface area (Å²) in [6.07, 6.45) is 22.0. The summed E-state index contributed by atoms with van der Waals surface area (Å²) in [5, 5.41) is 9.45. The van der Waals surface area contributed by atoms with Crippen LogP contribution >= 0.6 is 34.0 Å². The zero-order valence-electron chi connectivity index (χ0n) is 38.4. The lowest BCUT2D eigenvalue weighted by Crippen LogP contribution is -1.78. The van der Waals surface area contributed by atoms with E-state index >= 15 is 0 Å². The van der Waals surface area contributed by atoms with E-state index in [0.717, 1.165) is 82.8 Å². The Morgan fingerprint density at radius 3 is 1.66 bits per heavy atom. The van der Waals surface area contributed by atoms with Crippen LogP contribution in [0.3, 0.4) is 0 Å². The van der Waals surface area contributed by atoms with Crippen LogP contribution in [0.25, 0.3) is 105 Å². The van der Waals surface area contributed by atoms with Crippen LogP contribution in [0, 0.1) is 34.6 Å². The number of aryl methyl sites for hydroxylation is 5. The van der Waals surface area contributed by atoms with Gasteiger partial charge >= 0.3 is 0 Å². The fraction of sp³-hybridized carbons (Fsp3) is 0.0909. The van der Waals surface area contributed by atoms with Crippen molar-refractivity contribution in [2.45, 2.75) is 34.6 Å². The molecule has 15 heteroatoms. The monoisotopic (exact) mass is 968 g/mol. The number of fused-ring (bicyclic) bond motifs is 15. The molecule has 0 bridgehead atoms. The maximum absolute atomic E-state index is 5.58. The molecule has 15 aromatic heterocycles. The van der Waals surface area contributed by atoms with Crippen LogP contribution in [-0.2, 0) is 0 Å². The summed E-state index contributed by atoms with van der Waals surface area (Å²) in [7, 11) is 0. The Morgan fingerprint density at radius 1 is 0.314 bits per heavy atom. The average Bonchev–Trinajstić information content (AvgIpc) is 4.21. The predicted molar refractivity (Wildman–Crippen MR) is 287 cm³/mol. The van der Waals surface area contributed by atoms with Gasteiger partial charge in [0.25, 0.3) is 0 Å². The van der Waals surface area contributed by atoms with Gasteiger partial charge in [-0.05, 0) is 113 Å². The van der Waals surface area contributed by atoms with E-state index in [-0.39, 0.29) is 0 Å². The molecule has 0 radical (unpaired) electrons. The smallest absolute Gasteiger partial charge is 0.155 e. The van der Waals surface area contributed by atoms with Crippen LogP contribution in [0.5, 0.6) is 0 Å². The standard InChI is InChI=1S/2C11H8N2O.3C11H8N2S/c1-7-4-9-8-2-3-12-5-10(8)14-11(9)6-13-7;1-7-5-8-10(6-13-7)14-9-3-2-4-12-11(8)9;1-7-4-9-8-2-3-12-5-10(8)14-11(9)6-13-7;1-7-5-8-10(6-13-7)14-9-3-2-4-12-11(8)9;1-7-5-10-9(6-13-7)8-3-2-4-12-11(8)14-10/h5*2-6H,1H3. The van der Waals surface area contributed by atoms with Gasteiger partial charge in [-0.15, -0.1) is 34.0 Å². The summed E-state index contributed by atoms with van der Waals surface area (Å²) < 4.78 is 17.3. The van der Waals surface area contributed by atoms with Gasteiger partial charge < -0.3 is 8.83 Å². The molecular weight excluding hydrogens is 929 g/mol. The molecule has 70 heavy (non-hydrogen) atoms. The van der Waals surface area contributed by atoms with Gasteiger partial charge in [-0.25, -0.2) is 4.98 Å². The first-order valence-electron chi connectivity index (χ1n) is 22.2. The molecule has 15 rings (SSSR count). The maximum Gasteiger partial charge on any atom is 0.155 e. The minimum Gasteiger partial charge on any atom is -0.453 e. The molecule has 0 spiro atoms. The normalized spacial score (nSPS) is 11.2. The molecule has 0 aliphatic carbocycles. The number of aromatic nitrogens is 10. The van der Waals surface area contributed by atoms with E-state index in [1.165, 1.54) is 50.4 Å². The fourth-order valence-electron chi connectivity index (χ4n) is 8.10. The molecule has 0 aliphatic heterocycles. The van der Waals surface area contributed by atoms with E-state index in [9.17, 15) is 0 Å². The largest absolute Gasteiger partial charge is 0.453 e. The number of rotatable bonds is 0. The second-order valence-electron chi connectivity index (χ2n) is 16.4. The van der Waals surface area contributed by atoms with E-state index in [1.54, 1.807) is 65.0 Å². The van der Waals surface area contributed by atoms with Gasteiger partial charge in [-0.1, -0.05) is 0 Å². The van der Waals surface area contributed by atoms with Gasteiger partial charge in [-0.3, -0.25) is 44.9 Å². The Kier molecular flexibility index (Phi) is 12.0. The lowest BCUT2D eigenvalue weighted by atomic mass is 10.2. The second-order valence-corrected chi connectivity index (χ2v) is 19.6. The van der Waals surface area contributed by atoms with Crippen LogP contribution in [0.4, 0.5) is 0 Å². The highest BCUT2D eigenvalue weighted by molar-refractivity contribution is 7.26. The summed E-state index contributed by atoms with van der Waals surface area (Å²) in [5.74, 6) is 0. The fourth-order valence-corrected chi connectivity index (χ4v) is 11.2. The Hall–Kier alpha value is -8.24. The number of furan rings is 2. The van der Waals surface area contributed by atoms with E-state index < -0.39 is 0 Å². The summed E-state index contributed by atoms with van der Waals surface area (Å²) in [6, 6.07) is 26.3. The minimum atomic E-state index is 0.796. The predicted octanol–water partition coefficient (Wildman–Crippen LogP) is 14.8. The average molecular weight is 969 g/mol. The van der Waals surface area contributed by atoms with Crippen molar-refractivity contribution < 1.29 is 8.83 Å². The third-order valence-corrected chi connectivity index (χ3v) is 14.6. The van der Waals surface area contributed by atoms with Crippen LogP contribution in [0.15, 0.2) is 162 Å². The first-order chi connectivity index (χ1) is 34.2. The quantitative estimate of drug-likeness (QED) is 0.142. The topological polar surface area (TPSA) is 155 Å². The lowest BCUT2D eigenvalue weighted by Gasteiger charge is -1.92. The van der Waals surface area contributed by atoms with Crippen molar-refractivity contribution in [3.8, 4) is 0 Å². The molecule has 0 N–H and O–H groups in total. The molecule has 15 aromatic rings. The molecule has 15 heterocycles. The van der Waals surface area contributed by atoms with Crippen molar-refractivity contribution in [3.05, 3.63) is 182 Å². The van der Waals surface area contributed by atoms with Crippen molar-refractivity contribution in [1.82, 2.24) is 49.8 Å². The van der Waals surface area contributed by atoms with Gasteiger partial charge in [-0.2, -0.15) is 0 Å². The number of nitrogens with zero attached hydrogens (tertiary/aromatic N) is 10. The molecule has 0 atom stereocenters. The summed E-state index contributed by atoms with van der Waals surface area (Å²) >= 11 is 5.22. The third-order valence-electron chi connectivity index (χ3n) is 11.4. The number of hydrogen-bond acceptors (Lipinski definition) is 15. The van der Waals surface area contributed by atoms with E-state index in [2.05, 4.69) is 86.2 Å². The molecule has 0 unspecified atom stereocenters. The Labute approximate surface area is 411 Å². The molecule has 0 aromatic carbocycles. The van der Waals surface area contributed by atoms with Crippen LogP contribution in [0.2, 0.25) is 0 Å². The SMILES string of the molecule is Cc1cc2c(cn1)oc1cccnc12.Cc1cc2c(cn1)oc1cnccc12.Cc1cc2c(cn1)sc1cccnc12.Cc1cc2c(cn1)sc1cnccc12.Cc1cc2sc3ncccc3c2cn1. The molecule has 0 saturated heterocycles. The molecule has 0 amide bonds. The lowest BCUT2D eigenvalue weighted by molar-refractivity contribution is 0.664. The number of pyridine rings is 10. The van der Waals surface area contributed by atoms with Gasteiger partial charge in [0.15, 0.2) is 22.3 Å². The molecule has 0 saturated carbocycles. The van der Waals surface area contributed by atoms with Gasteiger partial charge in [0, 0.05) is 127 Å². The van der Waals surface area contributed by atoms with Crippen molar-refractivity contribution in [2.24, 2.45) is 0 Å². The molecular formula is C55H40N10O2S3. The van der Waals surface area contributed by atoms with E-state index in [4.69, 9.17) is 8.83 Å². The highest BCUT2D eigenvalue weighted by Crippen LogP contribution is 2.35. The molecule has 0 fully saturated rings. The Morgan fingerprint density at radius 2 is 0.857 bits per heavy atom. The van der Waals surface area contributed by atoms with Crippen LogP contribution < -0.4 is 0 Å².